The molecule has 0 heterocycles. The molecule has 1 aromatic carbocycles. The molecule has 0 saturated heterocycles. The monoisotopic (exact) mass is 191 g/mol. The number of carbonyl (C=O) groups excluding carboxylic acids is 1. The number of ketones is 1. The van der Waals surface area contributed by atoms with Crippen LogP contribution in [0.2, 0.25) is 0 Å². The van der Waals surface area contributed by atoms with Gasteiger partial charge < -0.3 is 10.5 Å². The molecule has 0 aliphatic heterocycles. The van der Waals surface area contributed by atoms with Crippen molar-refractivity contribution < 1.29 is 4.79 Å². The number of carbonyl (C=O) groups is 1. The maximum absolute atomic E-state index is 10.7. The maximum Gasteiger partial charge on any atom is 0.129 e. The molecule has 0 fully saturated rings. The quantitative estimate of drug-likeness (QED) is 0.574. The summed E-state index contributed by atoms with van der Waals surface area (Å²) in [5.41, 5.74) is 7.73. The Morgan fingerprint density at radius 1 is 1.36 bits per heavy atom. The van der Waals surface area contributed by atoms with Gasteiger partial charge in [-0.05, 0) is 43.9 Å². The summed E-state index contributed by atoms with van der Waals surface area (Å²) in [7, 11) is 0. The van der Waals surface area contributed by atoms with E-state index < -0.39 is 0 Å². The van der Waals surface area contributed by atoms with Gasteiger partial charge >= 0.3 is 0 Å². The molecule has 0 aliphatic rings. The summed E-state index contributed by atoms with van der Waals surface area (Å²) in [6.45, 7) is 1.64. The topological polar surface area (TPSA) is 43.1 Å². The minimum absolute atomic E-state index is 0.276. The fourth-order valence-electron chi connectivity index (χ4n) is 1.45. The van der Waals surface area contributed by atoms with E-state index >= 15 is 0 Å². The molecular weight excluding hydrogens is 174 g/mol. The summed E-state index contributed by atoms with van der Waals surface area (Å²) in [6.07, 6.45) is 3.74. The van der Waals surface area contributed by atoms with Gasteiger partial charge in [0.15, 0.2) is 0 Å². The van der Waals surface area contributed by atoms with Crippen LogP contribution in [0.5, 0.6) is 0 Å². The van der Waals surface area contributed by atoms with Crippen molar-refractivity contribution in [3.05, 3.63) is 29.8 Å². The number of nitrogens with two attached hydrogens (primary N) is 1. The first-order valence-corrected chi connectivity index (χ1v) is 5.02. The Hall–Kier alpha value is -1.31. The number of benzene rings is 1. The molecule has 0 aromatic heterocycles. The maximum atomic E-state index is 10.7. The largest absolute Gasteiger partial charge is 0.399 e. The Morgan fingerprint density at radius 3 is 2.79 bits per heavy atom. The first-order chi connectivity index (χ1) is 6.68. The van der Waals surface area contributed by atoms with Crippen LogP contribution in [0.1, 0.15) is 31.7 Å². The average Bonchev–Trinajstić information content (AvgIpc) is 2.12. The molecule has 2 heteroatoms. The van der Waals surface area contributed by atoms with Gasteiger partial charge in [-0.15, -0.1) is 0 Å². The highest BCUT2D eigenvalue weighted by molar-refractivity contribution is 5.75. The van der Waals surface area contributed by atoms with Crippen LogP contribution in [-0.2, 0) is 11.2 Å². The first kappa shape index (κ1) is 10.8. The number of hydrogen-bond acceptors (Lipinski definition) is 2. The van der Waals surface area contributed by atoms with Crippen molar-refractivity contribution >= 4 is 11.5 Å². The summed E-state index contributed by atoms with van der Waals surface area (Å²) in [6, 6.07) is 7.92. The predicted octanol–water partition coefficient (Wildman–Crippen LogP) is 2.57. The van der Waals surface area contributed by atoms with Crippen LogP contribution in [0, 0.1) is 0 Å². The van der Waals surface area contributed by atoms with Gasteiger partial charge in [0, 0.05) is 12.1 Å². The van der Waals surface area contributed by atoms with Gasteiger partial charge in [-0.2, -0.15) is 0 Å². The van der Waals surface area contributed by atoms with Gasteiger partial charge in [0.05, 0.1) is 0 Å². The Balaban J connectivity index is 2.28. The lowest BCUT2D eigenvalue weighted by atomic mass is 10.1. The minimum Gasteiger partial charge on any atom is -0.399 e. The van der Waals surface area contributed by atoms with Gasteiger partial charge in [-0.1, -0.05) is 12.1 Å². The highest BCUT2D eigenvalue weighted by Crippen LogP contribution is 2.10. The number of rotatable bonds is 5. The summed E-state index contributed by atoms with van der Waals surface area (Å²) < 4.78 is 0. The molecular formula is C12H17NO. The zero-order chi connectivity index (χ0) is 10.4. The molecule has 14 heavy (non-hydrogen) atoms. The Labute approximate surface area is 85.1 Å². The molecule has 1 rings (SSSR count). The lowest BCUT2D eigenvalue weighted by Crippen LogP contribution is -1.92. The van der Waals surface area contributed by atoms with Crippen LogP contribution >= 0.6 is 0 Å². The third-order valence-electron chi connectivity index (χ3n) is 2.20. The van der Waals surface area contributed by atoms with Crippen molar-refractivity contribution in [1.29, 1.82) is 0 Å². The van der Waals surface area contributed by atoms with E-state index in [0.29, 0.717) is 6.42 Å². The van der Waals surface area contributed by atoms with Gasteiger partial charge in [-0.3, -0.25) is 0 Å². The standard InChI is InChI=1S/C12H17NO/c1-10(14)5-2-3-6-11-7-4-8-12(13)9-11/h4,7-9H,2-3,5-6,13H2,1H3. The lowest BCUT2D eigenvalue weighted by Gasteiger charge is -2.01. The van der Waals surface area contributed by atoms with Crippen molar-refractivity contribution in [3.63, 3.8) is 0 Å². The Kier molecular flexibility index (Phi) is 4.17. The van der Waals surface area contributed by atoms with E-state index in [9.17, 15) is 4.79 Å². The zero-order valence-electron chi connectivity index (χ0n) is 8.62. The third kappa shape index (κ3) is 4.08. The highest BCUT2D eigenvalue weighted by atomic mass is 16.1. The van der Waals surface area contributed by atoms with Crippen LogP contribution < -0.4 is 5.73 Å². The zero-order valence-corrected chi connectivity index (χ0v) is 8.62. The number of nitrogen functional groups attached to an aromatic ring is 1. The molecule has 0 aliphatic carbocycles. The normalized spacial score (nSPS) is 10.1. The molecule has 0 radical (unpaired) electrons. The molecule has 0 saturated carbocycles. The second-order valence-electron chi connectivity index (χ2n) is 3.65. The molecule has 0 atom stereocenters. The number of Topliss-reactive ketones (excluding diaryl/α,β-unsaturated/α-hetero) is 1. The number of aryl methyl sites for hydroxylation is 1. The highest BCUT2D eigenvalue weighted by Gasteiger charge is 1.96. The van der Waals surface area contributed by atoms with E-state index in [1.165, 1.54) is 5.56 Å². The summed E-state index contributed by atoms with van der Waals surface area (Å²) >= 11 is 0. The van der Waals surface area contributed by atoms with Gasteiger partial charge in [0.2, 0.25) is 0 Å². The molecule has 0 amide bonds. The second kappa shape index (κ2) is 5.43. The summed E-state index contributed by atoms with van der Waals surface area (Å²) in [4.78, 5) is 10.7. The van der Waals surface area contributed by atoms with E-state index in [4.69, 9.17) is 5.73 Å². The van der Waals surface area contributed by atoms with Crippen LogP contribution in [0.4, 0.5) is 5.69 Å². The second-order valence-corrected chi connectivity index (χ2v) is 3.65. The van der Waals surface area contributed by atoms with E-state index in [1.807, 2.05) is 18.2 Å². The van der Waals surface area contributed by atoms with Crippen LogP contribution in [0.25, 0.3) is 0 Å². The molecule has 0 unspecified atom stereocenters. The van der Waals surface area contributed by atoms with Crippen LogP contribution in [-0.4, -0.2) is 5.78 Å². The lowest BCUT2D eigenvalue weighted by molar-refractivity contribution is -0.117. The predicted molar refractivity (Wildman–Crippen MR) is 59.1 cm³/mol. The van der Waals surface area contributed by atoms with Crippen LogP contribution in [0.15, 0.2) is 24.3 Å². The van der Waals surface area contributed by atoms with E-state index in [1.54, 1.807) is 6.92 Å². The van der Waals surface area contributed by atoms with Crippen molar-refractivity contribution in [2.24, 2.45) is 0 Å². The third-order valence-corrected chi connectivity index (χ3v) is 2.20. The molecule has 2 N–H and O–H groups in total. The number of unbranched alkanes of at least 4 members (excludes halogenated alkanes) is 1. The van der Waals surface area contributed by atoms with E-state index in [-0.39, 0.29) is 5.78 Å². The van der Waals surface area contributed by atoms with Gasteiger partial charge in [0.25, 0.3) is 0 Å². The van der Waals surface area contributed by atoms with Crippen molar-refractivity contribution in [2.75, 3.05) is 5.73 Å². The smallest absolute Gasteiger partial charge is 0.129 e. The van der Waals surface area contributed by atoms with E-state index in [2.05, 4.69) is 6.07 Å². The fourth-order valence-corrected chi connectivity index (χ4v) is 1.45. The van der Waals surface area contributed by atoms with Crippen molar-refractivity contribution in [3.8, 4) is 0 Å². The minimum atomic E-state index is 0.276. The summed E-state index contributed by atoms with van der Waals surface area (Å²) in [5, 5.41) is 0. The number of hydrogen-bond donors (Lipinski definition) is 1. The Morgan fingerprint density at radius 2 is 2.14 bits per heavy atom. The van der Waals surface area contributed by atoms with Crippen molar-refractivity contribution in [1.82, 2.24) is 0 Å². The number of anilines is 1. The Bertz CT molecular complexity index is 307. The van der Waals surface area contributed by atoms with Gasteiger partial charge in [-0.25, -0.2) is 0 Å². The SMILES string of the molecule is CC(=O)CCCCc1cccc(N)c1. The first-order valence-electron chi connectivity index (χ1n) is 5.02. The van der Waals surface area contributed by atoms with Crippen molar-refractivity contribution in [2.45, 2.75) is 32.6 Å². The fraction of sp³-hybridized carbons (Fsp3) is 0.417. The molecule has 0 spiro atoms. The summed E-state index contributed by atoms with van der Waals surface area (Å²) in [5.74, 6) is 0.276. The molecule has 2 nitrogen and oxygen atoms in total. The van der Waals surface area contributed by atoms with Gasteiger partial charge in [0.1, 0.15) is 5.78 Å². The van der Waals surface area contributed by atoms with E-state index in [0.717, 1.165) is 24.9 Å². The average molecular weight is 191 g/mol. The molecule has 1 aromatic rings. The molecule has 76 valence electrons. The molecule has 0 bridgehead atoms. The van der Waals surface area contributed by atoms with Crippen LogP contribution in [0.3, 0.4) is 0 Å².